The van der Waals surface area contributed by atoms with Gasteiger partial charge in [0.1, 0.15) is 0 Å². The minimum Gasteiger partial charge on any atom is -0.381 e. The summed E-state index contributed by atoms with van der Waals surface area (Å²) in [5.74, 6) is -0.0485. The highest BCUT2D eigenvalue weighted by Gasteiger charge is 2.01. The van der Waals surface area contributed by atoms with Crippen molar-refractivity contribution in [3.8, 4) is 0 Å². The predicted molar refractivity (Wildman–Crippen MR) is 77.3 cm³/mol. The Bertz CT molecular complexity index is 363. The van der Waals surface area contributed by atoms with Gasteiger partial charge in [0, 0.05) is 32.4 Å². The van der Waals surface area contributed by atoms with Gasteiger partial charge in [-0.2, -0.15) is 0 Å². The van der Waals surface area contributed by atoms with E-state index in [-0.39, 0.29) is 5.91 Å². The zero-order valence-electron chi connectivity index (χ0n) is 11.9. The van der Waals surface area contributed by atoms with Crippen LogP contribution in [0.25, 0.3) is 0 Å². The summed E-state index contributed by atoms with van der Waals surface area (Å²) in [7, 11) is 1.64. The molecule has 0 aromatic heterocycles. The summed E-state index contributed by atoms with van der Waals surface area (Å²) >= 11 is 0. The molecule has 106 valence electrons. The summed E-state index contributed by atoms with van der Waals surface area (Å²) in [6, 6.07) is 7.65. The molecule has 4 nitrogen and oxygen atoms in total. The lowest BCUT2D eigenvalue weighted by molar-refractivity contribution is 0.0963. The number of rotatable bonds is 9. The molecule has 0 bridgehead atoms. The van der Waals surface area contributed by atoms with E-state index < -0.39 is 0 Å². The van der Waals surface area contributed by atoms with Gasteiger partial charge >= 0.3 is 0 Å². The lowest BCUT2D eigenvalue weighted by Gasteiger charge is -2.06. The first kappa shape index (κ1) is 15.7. The van der Waals surface area contributed by atoms with Crippen molar-refractivity contribution in [1.82, 2.24) is 10.6 Å². The van der Waals surface area contributed by atoms with E-state index in [1.54, 1.807) is 7.05 Å². The second-order valence-electron chi connectivity index (χ2n) is 4.42. The van der Waals surface area contributed by atoms with Gasteiger partial charge in [0.25, 0.3) is 5.91 Å². The number of nitrogens with one attached hydrogen (secondary N) is 2. The Balaban J connectivity index is 2.18. The fourth-order valence-electron chi connectivity index (χ4n) is 1.70. The van der Waals surface area contributed by atoms with Crippen molar-refractivity contribution >= 4 is 5.91 Å². The molecule has 1 amide bonds. The maximum Gasteiger partial charge on any atom is 0.251 e. The zero-order chi connectivity index (χ0) is 13.9. The lowest BCUT2D eigenvalue weighted by atomic mass is 10.1. The van der Waals surface area contributed by atoms with Gasteiger partial charge in [0.2, 0.25) is 0 Å². The van der Waals surface area contributed by atoms with Crippen LogP contribution in [0.15, 0.2) is 24.3 Å². The molecule has 0 radical (unpaired) electrons. The highest BCUT2D eigenvalue weighted by Crippen LogP contribution is 2.04. The van der Waals surface area contributed by atoms with E-state index >= 15 is 0 Å². The van der Waals surface area contributed by atoms with Crippen LogP contribution in [0.4, 0.5) is 0 Å². The van der Waals surface area contributed by atoms with Gasteiger partial charge in [0.15, 0.2) is 0 Å². The number of carbonyl (C=O) groups excluding carboxylic acids is 1. The first-order valence-corrected chi connectivity index (χ1v) is 6.87. The second kappa shape index (κ2) is 9.53. The van der Waals surface area contributed by atoms with Crippen LogP contribution in [-0.4, -0.2) is 32.7 Å². The monoisotopic (exact) mass is 264 g/mol. The van der Waals surface area contributed by atoms with Crippen LogP contribution in [-0.2, 0) is 11.3 Å². The predicted octanol–water partition coefficient (Wildman–Crippen LogP) is 1.95. The van der Waals surface area contributed by atoms with Crippen LogP contribution in [0.2, 0.25) is 0 Å². The average molecular weight is 264 g/mol. The van der Waals surface area contributed by atoms with E-state index in [4.69, 9.17) is 4.74 Å². The SMILES string of the molecule is CCCOCCCNCc1ccc(C(=O)NC)cc1. The van der Waals surface area contributed by atoms with Gasteiger partial charge < -0.3 is 15.4 Å². The van der Waals surface area contributed by atoms with Crippen molar-refractivity contribution in [2.75, 3.05) is 26.8 Å². The summed E-state index contributed by atoms with van der Waals surface area (Å²) in [4.78, 5) is 11.4. The Hall–Kier alpha value is -1.39. The highest BCUT2D eigenvalue weighted by molar-refractivity contribution is 5.93. The average Bonchev–Trinajstić information content (AvgIpc) is 2.46. The molecule has 0 atom stereocenters. The third kappa shape index (κ3) is 6.36. The van der Waals surface area contributed by atoms with Crippen molar-refractivity contribution in [3.05, 3.63) is 35.4 Å². The first-order chi connectivity index (χ1) is 9.27. The lowest BCUT2D eigenvalue weighted by Crippen LogP contribution is -2.18. The Labute approximate surface area is 115 Å². The Kier molecular flexibility index (Phi) is 7.86. The number of hydrogen-bond acceptors (Lipinski definition) is 3. The molecule has 0 spiro atoms. The quantitative estimate of drug-likeness (QED) is 0.670. The van der Waals surface area contributed by atoms with Crippen molar-refractivity contribution in [2.45, 2.75) is 26.3 Å². The smallest absolute Gasteiger partial charge is 0.251 e. The van der Waals surface area contributed by atoms with E-state index in [2.05, 4.69) is 17.6 Å². The second-order valence-corrected chi connectivity index (χ2v) is 4.42. The van der Waals surface area contributed by atoms with Gasteiger partial charge in [-0.1, -0.05) is 19.1 Å². The fraction of sp³-hybridized carbons (Fsp3) is 0.533. The van der Waals surface area contributed by atoms with Gasteiger partial charge in [-0.25, -0.2) is 0 Å². The molecular weight excluding hydrogens is 240 g/mol. The molecule has 0 aliphatic rings. The van der Waals surface area contributed by atoms with Crippen LogP contribution in [0, 0.1) is 0 Å². The minimum absolute atomic E-state index is 0.0485. The van der Waals surface area contributed by atoms with Gasteiger partial charge in [-0.15, -0.1) is 0 Å². The number of benzene rings is 1. The van der Waals surface area contributed by atoms with Crippen molar-refractivity contribution in [2.24, 2.45) is 0 Å². The molecule has 2 N–H and O–H groups in total. The van der Waals surface area contributed by atoms with Gasteiger partial charge in [-0.05, 0) is 37.1 Å². The molecule has 19 heavy (non-hydrogen) atoms. The molecule has 1 rings (SSSR count). The van der Waals surface area contributed by atoms with Crippen LogP contribution in [0.1, 0.15) is 35.7 Å². The molecule has 0 aliphatic carbocycles. The van der Waals surface area contributed by atoms with Gasteiger partial charge in [-0.3, -0.25) is 4.79 Å². The van der Waals surface area contributed by atoms with E-state index in [9.17, 15) is 4.79 Å². The number of amides is 1. The van der Waals surface area contributed by atoms with Crippen molar-refractivity contribution in [1.29, 1.82) is 0 Å². The Morgan fingerprint density at radius 1 is 1.21 bits per heavy atom. The highest BCUT2D eigenvalue weighted by atomic mass is 16.5. The Morgan fingerprint density at radius 3 is 2.58 bits per heavy atom. The molecular formula is C15H24N2O2. The topological polar surface area (TPSA) is 50.4 Å². The minimum atomic E-state index is -0.0485. The van der Waals surface area contributed by atoms with Crippen LogP contribution in [0.3, 0.4) is 0 Å². The van der Waals surface area contributed by atoms with Crippen molar-refractivity contribution in [3.63, 3.8) is 0 Å². The summed E-state index contributed by atoms with van der Waals surface area (Å²) in [6.45, 7) is 5.54. The van der Waals surface area contributed by atoms with Crippen LogP contribution in [0.5, 0.6) is 0 Å². The normalized spacial score (nSPS) is 10.4. The summed E-state index contributed by atoms with van der Waals surface area (Å²) in [6.07, 6.45) is 2.10. The van der Waals surface area contributed by atoms with E-state index in [0.717, 1.165) is 39.1 Å². The largest absolute Gasteiger partial charge is 0.381 e. The van der Waals surface area contributed by atoms with Gasteiger partial charge in [0.05, 0.1) is 0 Å². The molecule has 1 aromatic carbocycles. The van der Waals surface area contributed by atoms with E-state index in [1.807, 2.05) is 24.3 Å². The third-order valence-electron chi connectivity index (χ3n) is 2.76. The molecule has 0 saturated heterocycles. The van der Waals surface area contributed by atoms with E-state index in [0.29, 0.717) is 5.56 Å². The van der Waals surface area contributed by atoms with Crippen molar-refractivity contribution < 1.29 is 9.53 Å². The summed E-state index contributed by atoms with van der Waals surface area (Å²) in [5, 5.41) is 5.97. The molecule has 4 heteroatoms. The molecule has 0 heterocycles. The number of ether oxygens (including phenoxy) is 1. The maximum atomic E-state index is 11.4. The zero-order valence-corrected chi connectivity index (χ0v) is 11.9. The van der Waals surface area contributed by atoms with E-state index in [1.165, 1.54) is 5.56 Å². The standard InChI is InChI=1S/C15H24N2O2/c1-3-10-19-11-4-9-17-12-13-5-7-14(8-6-13)15(18)16-2/h5-8,17H,3-4,9-12H2,1-2H3,(H,16,18). The van der Waals surface area contributed by atoms with Crippen LogP contribution < -0.4 is 10.6 Å². The molecule has 0 saturated carbocycles. The maximum absolute atomic E-state index is 11.4. The number of carbonyl (C=O) groups is 1. The molecule has 0 fully saturated rings. The Morgan fingerprint density at radius 2 is 1.95 bits per heavy atom. The van der Waals surface area contributed by atoms with Crippen LogP contribution >= 0.6 is 0 Å². The first-order valence-electron chi connectivity index (χ1n) is 6.87. The summed E-state index contributed by atoms with van der Waals surface area (Å²) in [5.41, 5.74) is 1.88. The fourth-order valence-corrected chi connectivity index (χ4v) is 1.70. The summed E-state index contributed by atoms with van der Waals surface area (Å²) < 4.78 is 5.41. The molecule has 1 aromatic rings. The molecule has 0 unspecified atom stereocenters. The third-order valence-corrected chi connectivity index (χ3v) is 2.76. The number of hydrogen-bond donors (Lipinski definition) is 2. The molecule has 0 aliphatic heterocycles.